The maximum absolute atomic E-state index is 14.7. The first-order valence-electron chi connectivity index (χ1n) is 11.5. The van der Waals surface area contributed by atoms with Crippen molar-refractivity contribution in [2.75, 3.05) is 19.8 Å². The van der Waals surface area contributed by atoms with Crippen LogP contribution in [0.2, 0.25) is 0 Å². The van der Waals surface area contributed by atoms with E-state index in [2.05, 4.69) is 16.4 Å². The minimum atomic E-state index is -0.424. The third-order valence-electron chi connectivity index (χ3n) is 6.82. The number of aromatic nitrogens is 2. The summed E-state index contributed by atoms with van der Waals surface area (Å²) in [5.74, 6) is 0.462. The Morgan fingerprint density at radius 2 is 2.03 bits per heavy atom. The van der Waals surface area contributed by atoms with Crippen LogP contribution in [0, 0.1) is 5.82 Å². The zero-order chi connectivity index (χ0) is 22.4. The van der Waals surface area contributed by atoms with E-state index in [4.69, 9.17) is 14.2 Å². The lowest BCUT2D eigenvalue weighted by molar-refractivity contribution is -0.194. The second-order valence-corrected chi connectivity index (χ2v) is 9.02. The fraction of sp³-hybridized carbons (Fsp3) is 0.440. The van der Waals surface area contributed by atoms with Crippen LogP contribution < -0.4 is 15.6 Å². The van der Waals surface area contributed by atoms with Gasteiger partial charge in [0.2, 0.25) is 0 Å². The SMILES string of the molecule is O=c1ccc2ccc(F)c3c2n1CC3CC1OCC(NCc2cc3c(cn2)OCCC3)CO1. The van der Waals surface area contributed by atoms with Crippen molar-refractivity contribution in [2.24, 2.45) is 0 Å². The Bertz CT molecular complexity index is 1250. The van der Waals surface area contributed by atoms with Gasteiger partial charge in [0.1, 0.15) is 11.6 Å². The van der Waals surface area contributed by atoms with Crippen LogP contribution in [0.3, 0.4) is 0 Å². The topological polar surface area (TPSA) is 74.6 Å². The lowest BCUT2D eigenvalue weighted by atomic mass is 9.95. The van der Waals surface area contributed by atoms with Crippen LogP contribution in [-0.2, 0) is 29.0 Å². The molecule has 0 saturated carbocycles. The molecule has 3 aliphatic rings. The van der Waals surface area contributed by atoms with Crippen molar-refractivity contribution >= 4 is 10.9 Å². The molecule has 1 unspecified atom stereocenters. The number of ether oxygens (including phenoxy) is 3. The van der Waals surface area contributed by atoms with Gasteiger partial charge in [-0.15, -0.1) is 0 Å². The Morgan fingerprint density at radius 3 is 2.91 bits per heavy atom. The van der Waals surface area contributed by atoms with Crippen molar-refractivity contribution in [1.29, 1.82) is 0 Å². The zero-order valence-corrected chi connectivity index (χ0v) is 18.3. The smallest absolute Gasteiger partial charge is 0.251 e. The Labute approximate surface area is 190 Å². The second-order valence-electron chi connectivity index (χ2n) is 9.02. The Balaban J connectivity index is 1.06. The number of aryl methyl sites for hydroxylation is 1. The third kappa shape index (κ3) is 3.92. The van der Waals surface area contributed by atoms with E-state index in [0.29, 0.717) is 43.8 Å². The molecular weight excluding hydrogens is 425 g/mol. The molecule has 0 aliphatic carbocycles. The lowest BCUT2D eigenvalue weighted by Crippen LogP contribution is -2.44. The number of nitrogens with one attached hydrogen (secondary N) is 1. The monoisotopic (exact) mass is 451 g/mol. The van der Waals surface area contributed by atoms with Crippen LogP contribution in [-0.4, -0.2) is 41.7 Å². The summed E-state index contributed by atoms with van der Waals surface area (Å²) >= 11 is 0. The van der Waals surface area contributed by atoms with E-state index in [1.165, 1.54) is 11.6 Å². The van der Waals surface area contributed by atoms with E-state index in [0.717, 1.165) is 36.3 Å². The molecule has 33 heavy (non-hydrogen) atoms. The highest BCUT2D eigenvalue weighted by molar-refractivity contribution is 5.84. The summed E-state index contributed by atoms with van der Waals surface area (Å²) in [7, 11) is 0. The third-order valence-corrected chi connectivity index (χ3v) is 6.82. The minimum absolute atomic E-state index is 0.0545. The van der Waals surface area contributed by atoms with E-state index >= 15 is 0 Å². The summed E-state index contributed by atoms with van der Waals surface area (Å²) in [6.07, 6.45) is 3.95. The molecule has 1 aromatic carbocycles. The van der Waals surface area contributed by atoms with Gasteiger partial charge in [0, 0.05) is 37.1 Å². The van der Waals surface area contributed by atoms with Crippen molar-refractivity contribution in [2.45, 2.75) is 50.6 Å². The summed E-state index contributed by atoms with van der Waals surface area (Å²) in [6.45, 7) is 2.85. The molecule has 5 heterocycles. The Kier molecular flexibility index (Phi) is 5.36. The highest BCUT2D eigenvalue weighted by atomic mass is 19.1. The molecule has 1 fully saturated rings. The normalized spacial score (nSPS) is 24.0. The maximum atomic E-state index is 14.7. The van der Waals surface area contributed by atoms with Crippen LogP contribution >= 0.6 is 0 Å². The highest BCUT2D eigenvalue weighted by Gasteiger charge is 2.33. The number of nitrogens with zero attached hydrogens (tertiary/aromatic N) is 2. The average Bonchev–Trinajstić information content (AvgIpc) is 3.23. The Morgan fingerprint density at radius 1 is 1.18 bits per heavy atom. The molecule has 1 atom stereocenters. The van der Waals surface area contributed by atoms with Gasteiger partial charge in [0.05, 0.1) is 43.3 Å². The standard InChI is InChI=1S/C25H26FN3O4/c26-20-5-3-15-4-6-22(30)29-12-17(24(20)25(15)29)9-23-32-13-19(14-33-23)27-10-18-8-16-2-1-7-31-21(16)11-28-18/h3-6,8,11,17,19,23,27H,1-2,7,9-10,12-14H2. The number of benzene rings is 1. The summed E-state index contributed by atoms with van der Waals surface area (Å²) in [5, 5.41) is 4.33. The number of fused-ring (bicyclic) bond motifs is 1. The first-order valence-corrected chi connectivity index (χ1v) is 11.5. The van der Waals surface area contributed by atoms with Crippen LogP contribution in [0.5, 0.6) is 5.75 Å². The molecule has 8 heteroatoms. The summed E-state index contributed by atoms with van der Waals surface area (Å²) in [4.78, 5) is 16.8. The van der Waals surface area contributed by atoms with Gasteiger partial charge in [-0.25, -0.2) is 4.39 Å². The number of hydrogen-bond donors (Lipinski definition) is 1. The molecule has 172 valence electrons. The predicted molar refractivity (Wildman–Crippen MR) is 120 cm³/mol. The van der Waals surface area contributed by atoms with Crippen molar-refractivity contribution in [1.82, 2.24) is 14.9 Å². The molecule has 0 amide bonds. The van der Waals surface area contributed by atoms with Gasteiger partial charge in [-0.2, -0.15) is 0 Å². The fourth-order valence-electron chi connectivity index (χ4n) is 5.15. The molecule has 0 spiro atoms. The van der Waals surface area contributed by atoms with E-state index in [1.807, 2.05) is 0 Å². The van der Waals surface area contributed by atoms with Crippen molar-refractivity contribution in [3.63, 3.8) is 0 Å². The molecule has 1 N–H and O–H groups in total. The lowest BCUT2D eigenvalue weighted by Gasteiger charge is -2.31. The summed E-state index contributed by atoms with van der Waals surface area (Å²) in [5.41, 5.74) is 3.38. The summed E-state index contributed by atoms with van der Waals surface area (Å²) in [6, 6.07) is 8.66. The fourth-order valence-corrected chi connectivity index (χ4v) is 5.15. The van der Waals surface area contributed by atoms with E-state index in [-0.39, 0.29) is 23.3 Å². The molecule has 0 bridgehead atoms. The van der Waals surface area contributed by atoms with Crippen molar-refractivity contribution < 1.29 is 18.6 Å². The predicted octanol–water partition coefficient (Wildman–Crippen LogP) is 2.88. The zero-order valence-electron chi connectivity index (χ0n) is 18.3. The largest absolute Gasteiger partial charge is 0.492 e. The van der Waals surface area contributed by atoms with Gasteiger partial charge in [0.25, 0.3) is 5.56 Å². The molecule has 6 rings (SSSR count). The van der Waals surface area contributed by atoms with Gasteiger partial charge >= 0.3 is 0 Å². The van der Waals surface area contributed by atoms with Crippen molar-refractivity contribution in [3.8, 4) is 5.75 Å². The van der Waals surface area contributed by atoms with Crippen LogP contribution in [0.1, 0.15) is 35.6 Å². The number of halogens is 1. The van der Waals surface area contributed by atoms with E-state index in [9.17, 15) is 9.18 Å². The van der Waals surface area contributed by atoms with Gasteiger partial charge < -0.3 is 24.1 Å². The number of pyridine rings is 2. The molecule has 7 nitrogen and oxygen atoms in total. The molecule has 1 saturated heterocycles. The number of hydrogen-bond acceptors (Lipinski definition) is 6. The quantitative estimate of drug-likeness (QED) is 0.643. The average molecular weight is 451 g/mol. The molecule has 3 aliphatic heterocycles. The summed E-state index contributed by atoms with van der Waals surface area (Å²) < 4.78 is 33.9. The van der Waals surface area contributed by atoms with Gasteiger partial charge in [-0.1, -0.05) is 0 Å². The van der Waals surface area contributed by atoms with Gasteiger partial charge in [-0.3, -0.25) is 9.78 Å². The maximum Gasteiger partial charge on any atom is 0.251 e. The van der Waals surface area contributed by atoms with Gasteiger partial charge in [-0.05, 0) is 48.1 Å². The van der Waals surface area contributed by atoms with E-state index < -0.39 is 6.29 Å². The first kappa shape index (κ1) is 20.8. The molecule has 3 aromatic rings. The number of rotatable bonds is 5. The van der Waals surface area contributed by atoms with Crippen LogP contribution in [0.25, 0.3) is 10.9 Å². The van der Waals surface area contributed by atoms with E-state index in [1.54, 1.807) is 29.0 Å². The second kappa shape index (κ2) is 8.52. The first-order chi connectivity index (χ1) is 16.2. The molecular formula is C25H26FN3O4. The molecule has 0 radical (unpaired) electrons. The van der Waals surface area contributed by atoms with Crippen molar-refractivity contribution in [3.05, 3.63) is 69.5 Å². The van der Waals surface area contributed by atoms with Gasteiger partial charge in [0.15, 0.2) is 6.29 Å². The van der Waals surface area contributed by atoms with Crippen LogP contribution in [0.15, 0.2) is 41.3 Å². The Hall–Kier alpha value is -2.81. The highest BCUT2D eigenvalue weighted by Crippen LogP contribution is 2.38. The molecule has 2 aromatic heterocycles. The minimum Gasteiger partial charge on any atom is -0.492 e. The van der Waals surface area contributed by atoms with Crippen LogP contribution in [0.4, 0.5) is 4.39 Å².